The van der Waals surface area contributed by atoms with Crippen LogP contribution < -0.4 is 11.1 Å². The van der Waals surface area contributed by atoms with Crippen molar-refractivity contribution in [3.8, 4) is 0 Å². The normalized spacial score (nSPS) is 26.4. The summed E-state index contributed by atoms with van der Waals surface area (Å²) in [6, 6.07) is 4.03. The fourth-order valence-corrected chi connectivity index (χ4v) is 4.94. The van der Waals surface area contributed by atoms with Gasteiger partial charge in [-0.25, -0.2) is 17.6 Å². The summed E-state index contributed by atoms with van der Waals surface area (Å²) in [5, 5.41) is 2.89. The topological polar surface area (TPSA) is 92.2 Å². The maximum Gasteiger partial charge on any atom is 0.281 e. The van der Waals surface area contributed by atoms with Crippen LogP contribution in [0.5, 0.6) is 0 Å². The Morgan fingerprint density at radius 3 is 2.91 bits per heavy atom. The summed E-state index contributed by atoms with van der Waals surface area (Å²) in [4.78, 5) is 23.8. The fraction of sp³-hybridized carbons (Fsp3) is 0.429. The van der Waals surface area contributed by atoms with Crippen LogP contribution in [0.1, 0.15) is 31.7 Å². The number of fused-ring (bicyclic) bond motifs is 1. The highest BCUT2D eigenvalue weighted by Gasteiger charge is 2.48. The van der Waals surface area contributed by atoms with E-state index in [9.17, 15) is 22.4 Å². The van der Waals surface area contributed by atoms with Crippen LogP contribution in [0.25, 0.3) is 0 Å². The van der Waals surface area contributed by atoms with Gasteiger partial charge in [0, 0.05) is 22.9 Å². The number of alkyl halides is 3. The van der Waals surface area contributed by atoms with Gasteiger partial charge in [-0.3, -0.25) is 19.8 Å². The number of allylic oxidation sites excluding steroid dienone is 1. The van der Waals surface area contributed by atoms with Crippen LogP contribution in [0.2, 0.25) is 0 Å². The molecule has 11 heteroatoms. The summed E-state index contributed by atoms with van der Waals surface area (Å²) in [5.41, 5.74) is 4.66. The zero-order chi connectivity index (χ0) is 23.5. The molecule has 1 aromatic carbocycles. The first-order chi connectivity index (χ1) is 15.2. The molecule has 0 unspecified atom stereocenters. The number of amidine groups is 1. The number of aliphatic imine (C=N–C) groups is 3. The van der Waals surface area contributed by atoms with Crippen molar-refractivity contribution in [3.63, 3.8) is 0 Å². The molecule has 0 saturated heterocycles. The van der Waals surface area contributed by atoms with Crippen LogP contribution in [0.15, 0.2) is 45.1 Å². The summed E-state index contributed by atoms with van der Waals surface area (Å²) < 4.78 is 54.4. The average Bonchev–Trinajstić information content (AvgIpc) is 2.75. The van der Waals surface area contributed by atoms with Crippen molar-refractivity contribution >= 4 is 41.0 Å². The highest BCUT2D eigenvalue weighted by molar-refractivity contribution is 8.13. The Morgan fingerprint density at radius 2 is 2.22 bits per heavy atom. The van der Waals surface area contributed by atoms with E-state index < -0.39 is 35.6 Å². The molecule has 0 radical (unpaired) electrons. The van der Waals surface area contributed by atoms with Crippen molar-refractivity contribution in [3.05, 3.63) is 41.5 Å². The van der Waals surface area contributed by atoms with E-state index in [1.807, 2.05) is 0 Å². The van der Waals surface area contributed by atoms with Gasteiger partial charge in [0.1, 0.15) is 23.4 Å². The predicted octanol–water partition coefficient (Wildman–Crippen LogP) is 4.43. The quantitative estimate of drug-likeness (QED) is 0.477. The Morgan fingerprint density at radius 1 is 1.47 bits per heavy atom. The fourth-order valence-electron chi connectivity index (χ4n) is 3.93. The van der Waals surface area contributed by atoms with Crippen molar-refractivity contribution in [1.29, 1.82) is 0 Å². The molecule has 1 saturated carbocycles. The number of nitrogens with zero attached hydrogens (tertiary/aromatic N) is 3. The van der Waals surface area contributed by atoms with E-state index in [-0.39, 0.29) is 35.7 Å². The molecule has 1 aromatic rings. The number of thioether (sulfide) groups is 1. The average molecular weight is 470 g/mol. The van der Waals surface area contributed by atoms with E-state index >= 15 is 0 Å². The minimum atomic E-state index is -2.87. The maximum absolute atomic E-state index is 14.9. The lowest BCUT2D eigenvalue weighted by molar-refractivity contribution is -0.110. The van der Waals surface area contributed by atoms with Gasteiger partial charge in [0.15, 0.2) is 5.17 Å². The molecule has 6 nitrogen and oxygen atoms in total. The molecule has 0 spiro atoms. The Labute approximate surface area is 187 Å². The molecule has 172 valence electrons. The number of carbonyl (C=O) groups is 1. The number of nitrogens with one attached hydrogen (secondary N) is 1. The summed E-state index contributed by atoms with van der Waals surface area (Å²) in [6.07, 6.45) is -2.31. The highest BCUT2D eigenvalue weighted by Crippen LogP contribution is 2.50. The molecular formula is C21H23F4N5OS. The predicted molar refractivity (Wildman–Crippen MR) is 120 cm³/mol. The number of halogens is 4. The molecule has 1 fully saturated rings. The van der Waals surface area contributed by atoms with Crippen LogP contribution in [-0.4, -0.2) is 41.9 Å². The second-order valence-corrected chi connectivity index (χ2v) is 8.67. The van der Waals surface area contributed by atoms with Gasteiger partial charge in [-0.2, -0.15) is 0 Å². The van der Waals surface area contributed by atoms with Gasteiger partial charge in [-0.05, 0) is 51.1 Å². The second kappa shape index (κ2) is 9.85. The van der Waals surface area contributed by atoms with E-state index in [1.54, 1.807) is 0 Å². The van der Waals surface area contributed by atoms with Gasteiger partial charge in [0.05, 0.1) is 11.7 Å². The first-order valence-electron chi connectivity index (χ1n) is 9.89. The molecule has 0 bridgehead atoms. The molecule has 1 aliphatic heterocycles. The number of hydrogen-bond acceptors (Lipinski definition) is 6. The number of nitrogens with two attached hydrogens (primary N) is 1. The number of benzene rings is 1. The minimum absolute atomic E-state index is 0.108. The second-order valence-electron chi connectivity index (χ2n) is 7.63. The molecule has 3 rings (SSSR count). The third-order valence-electron chi connectivity index (χ3n) is 5.61. The summed E-state index contributed by atoms with van der Waals surface area (Å²) in [7, 11) is 0. The zero-order valence-corrected chi connectivity index (χ0v) is 18.1. The van der Waals surface area contributed by atoms with Gasteiger partial charge in [0.2, 0.25) is 0 Å². The van der Waals surface area contributed by atoms with Gasteiger partial charge in [-0.15, -0.1) is 0 Å². The largest absolute Gasteiger partial charge is 0.379 e. The Kier molecular flexibility index (Phi) is 7.37. The number of carbonyl (C=O) groups excluding carboxylic acids is 1. The van der Waals surface area contributed by atoms with E-state index in [0.29, 0.717) is 17.3 Å². The van der Waals surface area contributed by atoms with Gasteiger partial charge >= 0.3 is 0 Å². The first-order valence-corrected chi connectivity index (χ1v) is 10.9. The molecule has 0 aromatic heterocycles. The van der Waals surface area contributed by atoms with Crippen molar-refractivity contribution in [1.82, 2.24) is 0 Å². The molecule has 1 amide bonds. The summed E-state index contributed by atoms with van der Waals surface area (Å²) in [5.74, 6) is -0.911. The Hall–Kier alpha value is -2.69. The molecule has 2 aliphatic rings. The lowest BCUT2D eigenvalue weighted by Crippen LogP contribution is -2.45. The van der Waals surface area contributed by atoms with E-state index in [0.717, 1.165) is 6.20 Å². The molecule has 32 heavy (non-hydrogen) atoms. The van der Waals surface area contributed by atoms with Gasteiger partial charge in [-0.1, -0.05) is 11.8 Å². The standard InChI is InChI=1S/C21H23F4N5OS/c1-11(28-9-17(27-2)18(24)25)19(31)29-14-3-4-16(23)15(8-14)21-6-5-13(22)7-12(21)10-32-20(26)30-21/h3-4,8-9,12-13,18H,2,5-7,10H2,1H3,(H2,26,30)(H,29,31)/b17-9-,28-11?/t12-,13+,21-/m0/s1. The SMILES string of the molecule is C=N/C(=C\N=C(C)C(=O)Nc1ccc(F)c([C@]23CC[C@@H](F)C[C@H]2CSC(N)=N3)c1)C(F)F. The van der Waals surface area contributed by atoms with Crippen LogP contribution in [-0.2, 0) is 10.3 Å². The molecule has 1 heterocycles. The lowest BCUT2D eigenvalue weighted by atomic mass is 9.69. The third kappa shape index (κ3) is 5.03. The molecule has 1 aliphatic carbocycles. The van der Waals surface area contributed by atoms with Crippen molar-refractivity contribution < 1.29 is 22.4 Å². The van der Waals surface area contributed by atoms with Gasteiger partial charge in [0.25, 0.3) is 12.3 Å². The Balaban J connectivity index is 1.90. The van der Waals surface area contributed by atoms with Gasteiger partial charge < -0.3 is 11.1 Å². The van der Waals surface area contributed by atoms with E-state index in [4.69, 9.17) is 5.73 Å². The van der Waals surface area contributed by atoms with Crippen LogP contribution in [0.3, 0.4) is 0 Å². The van der Waals surface area contributed by atoms with E-state index in [1.165, 1.54) is 36.9 Å². The number of anilines is 1. The van der Waals surface area contributed by atoms with Crippen LogP contribution in [0, 0.1) is 11.7 Å². The number of rotatable bonds is 6. The maximum atomic E-state index is 14.9. The molecule has 3 N–H and O–H groups in total. The zero-order valence-electron chi connectivity index (χ0n) is 17.3. The Bertz CT molecular complexity index is 996. The number of hydrogen-bond donors (Lipinski definition) is 2. The monoisotopic (exact) mass is 469 g/mol. The minimum Gasteiger partial charge on any atom is -0.379 e. The van der Waals surface area contributed by atoms with Crippen molar-refractivity contribution in [2.45, 2.75) is 44.3 Å². The third-order valence-corrected chi connectivity index (χ3v) is 6.57. The van der Waals surface area contributed by atoms with Crippen LogP contribution in [0.4, 0.5) is 23.2 Å². The molecular weight excluding hydrogens is 446 g/mol. The van der Waals surface area contributed by atoms with Crippen molar-refractivity contribution in [2.24, 2.45) is 26.6 Å². The summed E-state index contributed by atoms with van der Waals surface area (Å²) in [6.45, 7) is 4.37. The smallest absolute Gasteiger partial charge is 0.281 e. The first kappa shape index (κ1) is 24.0. The summed E-state index contributed by atoms with van der Waals surface area (Å²) >= 11 is 1.32. The molecule has 3 atom stereocenters. The van der Waals surface area contributed by atoms with E-state index in [2.05, 4.69) is 27.0 Å². The highest BCUT2D eigenvalue weighted by atomic mass is 32.2. The number of amides is 1. The lowest BCUT2D eigenvalue weighted by Gasteiger charge is -2.45. The van der Waals surface area contributed by atoms with Crippen molar-refractivity contribution in [2.75, 3.05) is 11.1 Å². The van der Waals surface area contributed by atoms with Crippen LogP contribution >= 0.6 is 11.8 Å².